The van der Waals surface area contributed by atoms with Crippen molar-refractivity contribution in [3.05, 3.63) is 62.1 Å². The lowest BCUT2D eigenvalue weighted by molar-refractivity contribution is -0.140. The Bertz CT molecular complexity index is 1170. The van der Waals surface area contributed by atoms with E-state index in [0.29, 0.717) is 15.6 Å². The van der Waals surface area contributed by atoms with Gasteiger partial charge in [0.1, 0.15) is 12.6 Å². The highest BCUT2D eigenvalue weighted by molar-refractivity contribution is 7.92. The van der Waals surface area contributed by atoms with Gasteiger partial charge in [-0.3, -0.25) is 13.9 Å². The highest BCUT2D eigenvalue weighted by Gasteiger charge is 2.33. The van der Waals surface area contributed by atoms with Crippen LogP contribution in [0.25, 0.3) is 0 Å². The monoisotopic (exact) mass is 581 g/mol. The maximum absolute atomic E-state index is 13.7. The summed E-state index contributed by atoms with van der Waals surface area (Å²) in [4.78, 5) is 27.9. The number of halogens is 4. The van der Waals surface area contributed by atoms with Crippen LogP contribution in [0.4, 0.5) is 5.69 Å². The van der Waals surface area contributed by atoms with E-state index in [1.54, 1.807) is 39.0 Å². The zero-order valence-corrected chi connectivity index (χ0v) is 23.5. The minimum atomic E-state index is -3.96. The Hall–Kier alpha value is -1.71. The molecule has 0 heterocycles. The number of benzene rings is 2. The minimum absolute atomic E-state index is 0.0467. The molecule has 0 saturated heterocycles. The quantitative estimate of drug-likeness (QED) is 0.406. The summed E-state index contributed by atoms with van der Waals surface area (Å²) in [5.74, 6) is -1.03. The first-order valence-corrected chi connectivity index (χ1v) is 14.1. The fraction of sp³-hybridized carbons (Fsp3) is 0.391. The maximum atomic E-state index is 13.7. The molecule has 2 amide bonds. The Morgan fingerprint density at radius 3 is 2.11 bits per heavy atom. The lowest BCUT2D eigenvalue weighted by Gasteiger charge is -2.33. The lowest BCUT2D eigenvalue weighted by atomic mass is 10.1. The number of sulfonamides is 1. The second-order valence-corrected chi connectivity index (χ2v) is 11.7. The molecule has 0 aliphatic carbocycles. The summed E-state index contributed by atoms with van der Waals surface area (Å²) in [6.07, 6.45) is 1.22. The molecule has 0 bridgehead atoms. The predicted octanol–water partition coefficient (Wildman–Crippen LogP) is 5.40. The second kappa shape index (κ2) is 12.5. The van der Waals surface area contributed by atoms with Gasteiger partial charge in [-0.05, 0) is 50.6 Å². The van der Waals surface area contributed by atoms with Gasteiger partial charge in [-0.2, -0.15) is 0 Å². The highest BCUT2D eigenvalue weighted by atomic mass is 35.5. The molecule has 35 heavy (non-hydrogen) atoms. The van der Waals surface area contributed by atoms with Crippen LogP contribution < -0.4 is 9.62 Å². The normalized spacial score (nSPS) is 12.4. The van der Waals surface area contributed by atoms with E-state index in [1.165, 1.54) is 23.1 Å². The molecule has 2 aromatic rings. The molecule has 0 saturated carbocycles. The van der Waals surface area contributed by atoms with Crippen LogP contribution in [0.1, 0.15) is 32.8 Å². The molecule has 0 spiro atoms. The van der Waals surface area contributed by atoms with Gasteiger partial charge in [0.25, 0.3) is 0 Å². The van der Waals surface area contributed by atoms with E-state index in [2.05, 4.69) is 5.32 Å². The predicted molar refractivity (Wildman–Crippen MR) is 143 cm³/mol. The van der Waals surface area contributed by atoms with Crippen molar-refractivity contribution in [3.63, 3.8) is 0 Å². The first-order valence-electron chi connectivity index (χ1n) is 10.7. The van der Waals surface area contributed by atoms with Crippen molar-refractivity contribution in [2.75, 3.05) is 17.1 Å². The summed E-state index contributed by atoms with van der Waals surface area (Å²) in [5, 5.41) is 3.77. The van der Waals surface area contributed by atoms with Gasteiger partial charge in [-0.15, -0.1) is 0 Å². The van der Waals surface area contributed by atoms with Gasteiger partial charge in [0.05, 0.1) is 17.0 Å². The third-order valence-electron chi connectivity index (χ3n) is 5.06. The molecular weight excluding hydrogens is 556 g/mol. The van der Waals surface area contributed by atoms with E-state index in [9.17, 15) is 18.0 Å². The number of carbonyl (C=O) groups is 2. The molecule has 0 aromatic heterocycles. The molecule has 12 heteroatoms. The molecule has 0 aliphatic rings. The molecule has 1 atom stereocenters. The third-order valence-corrected chi connectivity index (χ3v) is 7.45. The molecule has 192 valence electrons. The first kappa shape index (κ1) is 29.5. The summed E-state index contributed by atoms with van der Waals surface area (Å²) in [6.45, 7) is 4.62. The number of nitrogens with one attached hydrogen (secondary N) is 1. The van der Waals surface area contributed by atoms with E-state index in [1.807, 2.05) is 0 Å². The average molecular weight is 583 g/mol. The summed E-state index contributed by atoms with van der Waals surface area (Å²) < 4.78 is 26.2. The number of amides is 2. The van der Waals surface area contributed by atoms with Crippen LogP contribution in [0, 0.1) is 0 Å². The number of anilines is 1. The van der Waals surface area contributed by atoms with Crippen molar-refractivity contribution in [1.82, 2.24) is 10.2 Å². The first-order chi connectivity index (χ1) is 16.3. The van der Waals surface area contributed by atoms with Crippen molar-refractivity contribution < 1.29 is 18.0 Å². The molecular formula is C23H27Cl4N3O4S. The van der Waals surface area contributed by atoms with Gasteiger partial charge < -0.3 is 10.2 Å². The SMILES string of the molecule is CC[C@@H](C(=O)NC(C)C)N(Cc1c(Cl)cccc1Cl)C(=O)CN(c1cc(Cl)ccc1Cl)S(C)(=O)=O. The van der Waals surface area contributed by atoms with Crippen molar-refractivity contribution in [3.8, 4) is 0 Å². The summed E-state index contributed by atoms with van der Waals surface area (Å²) in [5.41, 5.74) is 0.483. The Kier molecular flexibility index (Phi) is 10.5. The summed E-state index contributed by atoms with van der Waals surface area (Å²) in [6, 6.07) is 8.12. The summed E-state index contributed by atoms with van der Waals surface area (Å²) >= 11 is 25.0. The Balaban J connectivity index is 2.55. The van der Waals surface area contributed by atoms with Gasteiger partial charge in [-0.25, -0.2) is 8.42 Å². The number of nitrogens with zero attached hydrogens (tertiary/aromatic N) is 2. The van der Waals surface area contributed by atoms with Crippen LogP contribution in [0.2, 0.25) is 20.1 Å². The molecule has 2 aromatic carbocycles. The molecule has 0 aliphatic heterocycles. The summed E-state index contributed by atoms with van der Waals surface area (Å²) in [7, 11) is -3.96. The van der Waals surface area contributed by atoms with Crippen molar-refractivity contribution in [2.24, 2.45) is 0 Å². The minimum Gasteiger partial charge on any atom is -0.352 e. The molecule has 2 rings (SSSR count). The fourth-order valence-electron chi connectivity index (χ4n) is 3.43. The van der Waals surface area contributed by atoms with Gasteiger partial charge in [0, 0.05) is 33.2 Å². The van der Waals surface area contributed by atoms with Gasteiger partial charge in [0.15, 0.2) is 0 Å². The number of carbonyl (C=O) groups excluding carboxylic acids is 2. The topological polar surface area (TPSA) is 86.8 Å². The van der Waals surface area contributed by atoms with Gasteiger partial charge in [0.2, 0.25) is 21.8 Å². The van der Waals surface area contributed by atoms with Crippen LogP contribution in [-0.2, 0) is 26.2 Å². The average Bonchev–Trinajstić information content (AvgIpc) is 2.74. The number of hydrogen-bond acceptors (Lipinski definition) is 4. The lowest BCUT2D eigenvalue weighted by Crippen LogP contribution is -2.53. The van der Waals surface area contributed by atoms with E-state index in [0.717, 1.165) is 10.6 Å². The fourth-order valence-corrected chi connectivity index (χ4v) is 5.23. The molecule has 0 unspecified atom stereocenters. The Morgan fingerprint density at radius 2 is 1.60 bits per heavy atom. The highest BCUT2D eigenvalue weighted by Crippen LogP contribution is 2.31. The molecule has 0 fully saturated rings. The van der Waals surface area contributed by atoms with Crippen LogP contribution >= 0.6 is 46.4 Å². The number of rotatable bonds is 10. The second-order valence-electron chi connectivity index (χ2n) is 8.17. The van der Waals surface area contributed by atoms with Crippen LogP contribution in [0.3, 0.4) is 0 Å². The zero-order valence-electron chi connectivity index (χ0n) is 19.7. The van der Waals surface area contributed by atoms with Gasteiger partial charge in [-0.1, -0.05) is 59.4 Å². The Morgan fingerprint density at radius 1 is 1.00 bits per heavy atom. The van der Waals surface area contributed by atoms with E-state index in [4.69, 9.17) is 46.4 Å². The molecule has 7 nitrogen and oxygen atoms in total. The van der Waals surface area contributed by atoms with Crippen LogP contribution in [-0.4, -0.2) is 50.0 Å². The largest absolute Gasteiger partial charge is 0.352 e. The van der Waals surface area contributed by atoms with Crippen molar-refractivity contribution in [2.45, 2.75) is 45.8 Å². The standard InChI is InChI=1S/C23H27Cl4N3O4S/c1-5-20(23(32)28-14(2)3)29(12-16-17(25)7-6-8-18(16)26)22(31)13-30(35(4,33)34)21-11-15(24)9-10-19(21)27/h6-11,14,20H,5,12-13H2,1-4H3,(H,28,32)/t20-/m0/s1. The van der Waals surface area contributed by atoms with Crippen LogP contribution in [0.15, 0.2) is 36.4 Å². The Labute approximate surface area is 226 Å². The van der Waals surface area contributed by atoms with Crippen LogP contribution in [0.5, 0.6) is 0 Å². The van der Waals surface area contributed by atoms with Crippen molar-refractivity contribution >= 4 is 73.9 Å². The van der Waals surface area contributed by atoms with Gasteiger partial charge >= 0.3 is 0 Å². The van der Waals surface area contributed by atoms with E-state index < -0.39 is 28.5 Å². The van der Waals surface area contributed by atoms with E-state index >= 15 is 0 Å². The smallest absolute Gasteiger partial charge is 0.244 e. The number of hydrogen-bond donors (Lipinski definition) is 1. The van der Waals surface area contributed by atoms with Crippen molar-refractivity contribution in [1.29, 1.82) is 0 Å². The molecule has 1 N–H and O–H groups in total. The maximum Gasteiger partial charge on any atom is 0.244 e. The zero-order chi connectivity index (χ0) is 26.5. The third kappa shape index (κ3) is 7.89. The van der Waals surface area contributed by atoms with E-state index in [-0.39, 0.29) is 40.6 Å². The molecule has 0 radical (unpaired) electrons.